The van der Waals surface area contributed by atoms with Gasteiger partial charge < -0.3 is 15.7 Å². The van der Waals surface area contributed by atoms with Crippen LogP contribution >= 0.6 is 0 Å². The monoisotopic (exact) mass is 291 g/mol. The smallest absolute Gasteiger partial charge is 0.319 e. The summed E-state index contributed by atoms with van der Waals surface area (Å²) in [6.45, 7) is 0. The molecule has 1 fully saturated rings. The molecule has 7 heteroatoms. The van der Waals surface area contributed by atoms with Crippen molar-refractivity contribution in [1.82, 2.24) is 5.32 Å². The third kappa shape index (κ3) is 4.18. The molecule has 1 atom stereocenters. The molecule has 0 saturated heterocycles. The Morgan fingerprint density at radius 1 is 1.48 bits per heavy atom. The van der Waals surface area contributed by atoms with Crippen molar-refractivity contribution < 1.29 is 19.1 Å². The zero-order valence-corrected chi connectivity index (χ0v) is 11.1. The summed E-state index contributed by atoms with van der Waals surface area (Å²) < 4.78 is 13.2. The summed E-state index contributed by atoms with van der Waals surface area (Å²) in [7, 11) is 0. The molecule has 6 nitrogen and oxygen atoms in total. The third-order valence-electron chi connectivity index (χ3n) is 3.25. The van der Waals surface area contributed by atoms with E-state index >= 15 is 0 Å². The van der Waals surface area contributed by atoms with Crippen LogP contribution in [0, 0.1) is 23.1 Å². The van der Waals surface area contributed by atoms with E-state index in [0.717, 1.165) is 18.9 Å². The molecule has 0 heterocycles. The highest BCUT2D eigenvalue weighted by atomic mass is 19.1. The van der Waals surface area contributed by atoms with Gasteiger partial charge in [-0.15, -0.1) is 0 Å². The molecule has 2 rings (SSSR count). The Morgan fingerprint density at radius 3 is 2.76 bits per heavy atom. The number of urea groups is 1. The van der Waals surface area contributed by atoms with Crippen LogP contribution in [0.5, 0.6) is 0 Å². The number of nitriles is 1. The SMILES string of the molecule is N#Cc1cc(NC(=O)NC(CC(=O)O)C2CC2)ccc1F. The summed E-state index contributed by atoms with van der Waals surface area (Å²) in [6, 6.07) is 4.34. The quantitative estimate of drug-likeness (QED) is 0.772. The number of rotatable bonds is 5. The minimum atomic E-state index is -0.972. The number of carbonyl (C=O) groups excluding carboxylic acids is 1. The first-order valence-electron chi connectivity index (χ1n) is 6.48. The Kier molecular flexibility index (Phi) is 4.38. The number of carboxylic acids is 1. The Hall–Kier alpha value is -2.62. The van der Waals surface area contributed by atoms with E-state index in [-0.39, 0.29) is 23.6 Å². The first-order valence-corrected chi connectivity index (χ1v) is 6.48. The largest absolute Gasteiger partial charge is 0.481 e. The molecule has 2 amide bonds. The second-order valence-corrected chi connectivity index (χ2v) is 4.95. The molecule has 1 unspecified atom stereocenters. The van der Waals surface area contributed by atoms with Crippen LogP contribution in [0.4, 0.5) is 14.9 Å². The fourth-order valence-electron chi connectivity index (χ4n) is 2.05. The molecule has 0 bridgehead atoms. The van der Waals surface area contributed by atoms with Gasteiger partial charge in [-0.2, -0.15) is 5.26 Å². The number of aliphatic carboxylic acids is 1. The molecule has 0 aliphatic heterocycles. The number of halogens is 1. The predicted octanol–water partition coefficient (Wildman–Crippen LogP) is 2.07. The third-order valence-corrected chi connectivity index (χ3v) is 3.25. The van der Waals surface area contributed by atoms with Gasteiger partial charge in [0, 0.05) is 11.7 Å². The van der Waals surface area contributed by atoms with Crippen LogP contribution in [0.1, 0.15) is 24.8 Å². The van der Waals surface area contributed by atoms with Gasteiger partial charge in [0.1, 0.15) is 11.9 Å². The van der Waals surface area contributed by atoms with Crippen molar-refractivity contribution in [3.05, 3.63) is 29.6 Å². The van der Waals surface area contributed by atoms with E-state index in [0.29, 0.717) is 0 Å². The molecule has 110 valence electrons. The summed E-state index contributed by atoms with van der Waals surface area (Å²) in [5, 5.41) is 22.6. The Labute approximate surface area is 120 Å². The van der Waals surface area contributed by atoms with Crippen LogP contribution in [0.3, 0.4) is 0 Å². The van der Waals surface area contributed by atoms with Gasteiger partial charge in [0.15, 0.2) is 0 Å². The van der Waals surface area contributed by atoms with Crippen molar-refractivity contribution in [1.29, 1.82) is 5.26 Å². The zero-order chi connectivity index (χ0) is 15.4. The molecular formula is C14H14FN3O3. The molecule has 21 heavy (non-hydrogen) atoms. The van der Waals surface area contributed by atoms with Gasteiger partial charge in [-0.3, -0.25) is 4.79 Å². The number of benzene rings is 1. The highest BCUT2D eigenvalue weighted by molar-refractivity contribution is 5.90. The minimum Gasteiger partial charge on any atom is -0.481 e. The van der Waals surface area contributed by atoms with E-state index in [2.05, 4.69) is 10.6 Å². The van der Waals surface area contributed by atoms with Crippen LogP contribution < -0.4 is 10.6 Å². The van der Waals surface area contributed by atoms with Crippen LogP contribution in [0.2, 0.25) is 0 Å². The fraction of sp³-hybridized carbons (Fsp3) is 0.357. The number of carboxylic acid groups (broad SMARTS) is 1. The fourth-order valence-corrected chi connectivity index (χ4v) is 2.05. The number of nitrogens with zero attached hydrogens (tertiary/aromatic N) is 1. The van der Waals surface area contributed by atoms with Gasteiger partial charge in [0.25, 0.3) is 0 Å². The van der Waals surface area contributed by atoms with E-state index < -0.39 is 23.9 Å². The number of carbonyl (C=O) groups is 2. The zero-order valence-electron chi connectivity index (χ0n) is 11.1. The lowest BCUT2D eigenvalue weighted by Crippen LogP contribution is -2.40. The van der Waals surface area contributed by atoms with E-state index in [1.807, 2.05) is 0 Å². The van der Waals surface area contributed by atoms with Gasteiger partial charge in [0.05, 0.1) is 12.0 Å². The van der Waals surface area contributed by atoms with Crippen LogP contribution in [-0.2, 0) is 4.79 Å². The number of hydrogen-bond donors (Lipinski definition) is 3. The predicted molar refractivity (Wildman–Crippen MR) is 72.0 cm³/mol. The maximum absolute atomic E-state index is 13.2. The summed E-state index contributed by atoms with van der Waals surface area (Å²) in [4.78, 5) is 22.6. The van der Waals surface area contributed by atoms with Crippen molar-refractivity contribution >= 4 is 17.7 Å². The lowest BCUT2D eigenvalue weighted by molar-refractivity contribution is -0.137. The average Bonchev–Trinajstić information content (AvgIpc) is 3.24. The Balaban J connectivity index is 1.97. The van der Waals surface area contributed by atoms with Crippen molar-refractivity contribution in [2.45, 2.75) is 25.3 Å². The highest BCUT2D eigenvalue weighted by Crippen LogP contribution is 2.34. The lowest BCUT2D eigenvalue weighted by Gasteiger charge is -2.16. The van der Waals surface area contributed by atoms with Gasteiger partial charge in [-0.1, -0.05) is 0 Å². The summed E-state index contributed by atoms with van der Waals surface area (Å²) in [5.41, 5.74) is 0.104. The van der Waals surface area contributed by atoms with Crippen LogP contribution in [0.15, 0.2) is 18.2 Å². The van der Waals surface area contributed by atoms with E-state index in [9.17, 15) is 14.0 Å². The standard InChI is InChI=1S/C14H14FN3O3/c15-11-4-3-10(5-9(11)7-16)17-14(21)18-12(6-13(19)20)8-1-2-8/h3-5,8,12H,1-2,6H2,(H,19,20)(H2,17,18,21). The molecule has 0 radical (unpaired) electrons. The summed E-state index contributed by atoms with van der Waals surface area (Å²) in [5.74, 6) is -1.44. The lowest BCUT2D eigenvalue weighted by atomic mass is 10.1. The second kappa shape index (κ2) is 6.22. The molecule has 1 aromatic carbocycles. The molecule has 1 saturated carbocycles. The topological polar surface area (TPSA) is 102 Å². The van der Waals surface area contributed by atoms with E-state index in [1.165, 1.54) is 12.1 Å². The number of amides is 2. The molecular weight excluding hydrogens is 277 g/mol. The normalized spacial score (nSPS) is 14.9. The Morgan fingerprint density at radius 2 is 2.19 bits per heavy atom. The van der Waals surface area contributed by atoms with E-state index in [1.54, 1.807) is 6.07 Å². The highest BCUT2D eigenvalue weighted by Gasteiger charge is 2.33. The first-order chi connectivity index (χ1) is 9.99. The molecule has 1 aromatic rings. The Bertz CT molecular complexity index is 608. The first kappa shape index (κ1) is 14.8. The molecule has 3 N–H and O–H groups in total. The van der Waals surface area contributed by atoms with Gasteiger partial charge >= 0.3 is 12.0 Å². The van der Waals surface area contributed by atoms with Crippen LogP contribution in [0.25, 0.3) is 0 Å². The van der Waals surface area contributed by atoms with Crippen molar-refractivity contribution in [2.75, 3.05) is 5.32 Å². The number of anilines is 1. The molecule has 1 aliphatic rings. The van der Waals surface area contributed by atoms with Gasteiger partial charge in [-0.25, -0.2) is 9.18 Å². The number of nitrogens with one attached hydrogen (secondary N) is 2. The average molecular weight is 291 g/mol. The number of hydrogen-bond acceptors (Lipinski definition) is 3. The van der Waals surface area contributed by atoms with Crippen molar-refractivity contribution in [3.63, 3.8) is 0 Å². The summed E-state index contributed by atoms with van der Waals surface area (Å²) >= 11 is 0. The second-order valence-electron chi connectivity index (χ2n) is 4.95. The van der Waals surface area contributed by atoms with Crippen molar-refractivity contribution in [3.8, 4) is 6.07 Å². The molecule has 0 spiro atoms. The van der Waals surface area contributed by atoms with Gasteiger partial charge in [-0.05, 0) is 37.0 Å². The minimum absolute atomic E-state index is 0.134. The molecule has 0 aromatic heterocycles. The maximum atomic E-state index is 13.2. The van der Waals surface area contributed by atoms with Gasteiger partial charge in [0.2, 0.25) is 0 Å². The van der Waals surface area contributed by atoms with Crippen LogP contribution in [-0.4, -0.2) is 23.1 Å². The van der Waals surface area contributed by atoms with Crippen molar-refractivity contribution in [2.24, 2.45) is 5.92 Å². The maximum Gasteiger partial charge on any atom is 0.319 e. The summed E-state index contributed by atoms with van der Waals surface area (Å²) in [6.07, 6.45) is 1.66. The van der Waals surface area contributed by atoms with E-state index in [4.69, 9.17) is 10.4 Å². The molecule has 1 aliphatic carbocycles.